The van der Waals surface area contributed by atoms with E-state index in [2.05, 4.69) is 105 Å². The van der Waals surface area contributed by atoms with Crippen molar-refractivity contribution in [2.45, 2.75) is 0 Å². The molecule has 0 N–H and O–H groups in total. The van der Waals surface area contributed by atoms with Crippen LogP contribution in [0.15, 0.2) is 140 Å². The summed E-state index contributed by atoms with van der Waals surface area (Å²) in [5, 5.41) is 2.50. The van der Waals surface area contributed by atoms with Crippen LogP contribution in [0.2, 0.25) is 0 Å². The minimum Gasteiger partial charge on any atom is -0.309 e. The SMILES string of the molecule is c1ccc(-c2nc3c(-c4cccc(-n5c6ccccc6c6ccccc65)c4)ccnc3n2-c2cccnc2)cc1. The van der Waals surface area contributed by atoms with Crippen molar-refractivity contribution in [1.29, 1.82) is 0 Å². The van der Waals surface area contributed by atoms with Crippen LogP contribution < -0.4 is 0 Å². The van der Waals surface area contributed by atoms with E-state index < -0.39 is 0 Å². The minimum atomic E-state index is 0.798. The molecule has 4 heterocycles. The highest BCUT2D eigenvalue weighted by Crippen LogP contribution is 2.36. The van der Waals surface area contributed by atoms with Crippen LogP contribution in [0.1, 0.15) is 0 Å². The lowest BCUT2D eigenvalue weighted by Crippen LogP contribution is -1.99. The summed E-state index contributed by atoms with van der Waals surface area (Å²) in [5.41, 5.74) is 9.20. The van der Waals surface area contributed by atoms with Crippen LogP contribution in [0, 0.1) is 0 Å². The lowest BCUT2D eigenvalue weighted by atomic mass is 10.1. The molecule has 0 spiro atoms. The van der Waals surface area contributed by atoms with E-state index in [1.807, 2.05) is 42.7 Å². The molecule has 0 fully saturated rings. The minimum absolute atomic E-state index is 0.798. The summed E-state index contributed by atoms with van der Waals surface area (Å²) in [5.74, 6) is 0.835. The molecule has 0 amide bonds. The third-order valence-electron chi connectivity index (χ3n) is 7.48. The van der Waals surface area contributed by atoms with Gasteiger partial charge in [0.05, 0.1) is 22.9 Å². The van der Waals surface area contributed by atoms with E-state index in [0.29, 0.717) is 0 Å². The second-order valence-corrected chi connectivity index (χ2v) is 9.80. The van der Waals surface area contributed by atoms with Gasteiger partial charge < -0.3 is 4.57 Å². The predicted octanol–water partition coefficient (Wildman–Crippen LogP) is 8.25. The number of fused-ring (bicyclic) bond motifs is 4. The predicted molar refractivity (Wildman–Crippen MR) is 162 cm³/mol. The molecule has 0 atom stereocenters. The monoisotopic (exact) mass is 513 g/mol. The Morgan fingerprint density at radius 3 is 1.98 bits per heavy atom. The second kappa shape index (κ2) is 9.03. The number of hydrogen-bond donors (Lipinski definition) is 0. The van der Waals surface area contributed by atoms with Gasteiger partial charge in [-0.05, 0) is 48.0 Å². The summed E-state index contributed by atoms with van der Waals surface area (Å²) in [7, 11) is 0. The van der Waals surface area contributed by atoms with Gasteiger partial charge in [0.1, 0.15) is 11.3 Å². The Labute approximate surface area is 230 Å². The largest absolute Gasteiger partial charge is 0.309 e. The fourth-order valence-electron chi connectivity index (χ4n) is 5.73. The summed E-state index contributed by atoms with van der Waals surface area (Å²) in [4.78, 5) is 14.4. The van der Waals surface area contributed by atoms with E-state index in [0.717, 1.165) is 45.1 Å². The maximum absolute atomic E-state index is 5.19. The van der Waals surface area contributed by atoms with Crippen LogP contribution in [-0.4, -0.2) is 24.1 Å². The fraction of sp³-hybridized carbons (Fsp3) is 0. The number of rotatable bonds is 4. The third kappa shape index (κ3) is 3.45. The highest BCUT2D eigenvalue weighted by molar-refractivity contribution is 6.09. The molecule has 0 unspecified atom stereocenters. The number of imidazole rings is 1. The van der Waals surface area contributed by atoms with Crippen molar-refractivity contribution in [2.75, 3.05) is 0 Å². The Morgan fingerprint density at radius 1 is 0.525 bits per heavy atom. The van der Waals surface area contributed by atoms with Gasteiger partial charge in [0.15, 0.2) is 5.65 Å². The first kappa shape index (κ1) is 22.4. The standard InChI is InChI=1S/C35H23N5/c1-2-10-24(11-3-1)34-38-33-28(19-21-37-35(33)40(34)27-14-9-20-36-23-27)25-12-8-13-26(22-25)39-31-17-6-4-15-29(31)30-16-5-7-18-32(30)39/h1-23H. The molecule has 8 rings (SSSR count). The average Bonchev–Trinajstić information content (AvgIpc) is 3.59. The van der Waals surface area contributed by atoms with Crippen molar-refractivity contribution in [3.63, 3.8) is 0 Å². The maximum Gasteiger partial charge on any atom is 0.165 e. The smallest absolute Gasteiger partial charge is 0.165 e. The molecule has 4 aromatic carbocycles. The summed E-state index contributed by atoms with van der Waals surface area (Å²) < 4.78 is 4.44. The van der Waals surface area contributed by atoms with Gasteiger partial charge in [0.2, 0.25) is 0 Å². The number of hydrogen-bond acceptors (Lipinski definition) is 3. The lowest BCUT2D eigenvalue weighted by Gasteiger charge is -2.11. The Hall–Kier alpha value is -5.55. The molecule has 0 saturated carbocycles. The van der Waals surface area contributed by atoms with Gasteiger partial charge in [-0.15, -0.1) is 0 Å². The van der Waals surface area contributed by atoms with Crippen molar-refractivity contribution < 1.29 is 0 Å². The van der Waals surface area contributed by atoms with Gasteiger partial charge >= 0.3 is 0 Å². The molecule has 0 radical (unpaired) electrons. The molecule has 0 aliphatic heterocycles. The Kier molecular flexibility index (Phi) is 5.07. The van der Waals surface area contributed by atoms with E-state index in [9.17, 15) is 0 Å². The maximum atomic E-state index is 5.19. The fourth-order valence-corrected chi connectivity index (χ4v) is 5.73. The van der Waals surface area contributed by atoms with Crippen LogP contribution in [0.5, 0.6) is 0 Å². The van der Waals surface area contributed by atoms with E-state index >= 15 is 0 Å². The second-order valence-electron chi connectivity index (χ2n) is 9.80. The summed E-state index contributed by atoms with van der Waals surface area (Å²) in [6, 6.07) is 42.2. The van der Waals surface area contributed by atoms with Crippen molar-refractivity contribution in [3.8, 4) is 33.9 Å². The molecule has 40 heavy (non-hydrogen) atoms. The van der Waals surface area contributed by atoms with E-state index in [-0.39, 0.29) is 0 Å². The number of aromatic nitrogens is 5. The number of nitrogens with zero attached hydrogens (tertiary/aromatic N) is 5. The zero-order valence-electron chi connectivity index (χ0n) is 21.5. The first-order chi connectivity index (χ1) is 19.9. The van der Waals surface area contributed by atoms with E-state index in [4.69, 9.17) is 9.97 Å². The highest BCUT2D eigenvalue weighted by atomic mass is 15.1. The van der Waals surface area contributed by atoms with Gasteiger partial charge in [-0.1, -0.05) is 78.9 Å². The Balaban J connectivity index is 1.37. The number of para-hydroxylation sites is 2. The van der Waals surface area contributed by atoms with Crippen LogP contribution in [0.3, 0.4) is 0 Å². The average molecular weight is 514 g/mol. The zero-order valence-corrected chi connectivity index (χ0v) is 21.5. The third-order valence-corrected chi connectivity index (χ3v) is 7.48. The molecular weight excluding hydrogens is 490 g/mol. The molecule has 5 heteroatoms. The molecule has 0 saturated heterocycles. The van der Waals surface area contributed by atoms with E-state index in [1.54, 1.807) is 6.20 Å². The summed E-state index contributed by atoms with van der Waals surface area (Å²) >= 11 is 0. The van der Waals surface area contributed by atoms with Crippen LogP contribution in [-0.2, 0) is 0 Å². The van der Waals surface area contributed by atoms with Gasteiger partial charge in [-0.3, -0.25) is 9.55 Å². The molecular formula is C35H23N5. The topological polar surface area (TPSA) is 48.5 Å². The highest BCUT2D eigenvalue weighted by Gasteiger charge is 2.19. The Morgan fingerprint density at radius 2 is 1.23 bits per heavy atom. The van der Waals surface area contributed by atoms with Crippen LogP contribution >= 0.6 is 0 Å². The zero-order chi connectivity index (χ0) is 26.5. The van der Waals surface area contributed by atoms with Gasteiger partial charge in [0.25, 0.3) is 0 Å². The van der Waals surface area contributed by atoms with Crippen molar-refractivity contribution in [2.24, 2.45) is 0 Å². The van der Waals surface area contributed by atoms with Crippen molar-refractivity contribution >= 4 is 33.0 Å². The molecule has 0 aliphatic carbocycles. The molecule has 188 valence electrons. The summed E-state index contributed by atoms with van der Waals surface area (Å²) in [6.45, 7) is 0. The van der Waals surface area contributed by atoms with E-state index in [1.165, 1.54) is 21.8 Å². The molecule has 0 bridgehead atoms. The van der Waals surface area contributed by atoms with Gasteiger partial charge in [-0.2, -0.15) is 0 Å². The van der Waals surface area contributed by atoms with Gasteiger partial charge in [0, 0.05) is 40.0 Å². The van der Waals surface area contributed by atoms with Crippen LogP contribution in [0.25, 0.3) is 66.9 Å². The van der Waals surface area contributed by atoms with Crippen LogP contribution in [0.4, 0.5) is 0 Å². The number of pyridine rings is 2. The quantitative estimate of drug-likeness (QED) is 0.238. The molecule has 0 aliphatic rings. The molecule has 8 aromatic rings. The summed E-state index contributed by atoms with van der Waals surface area (Å²) in [6.07, 6.45) is 5.50. The van der Waals surface area contributed by atoms with Gasteiger partial charge in [-0.25, -0.2) is 9.97 Å². The Bertz CT molecular complexity index is 2100. The first-order valence-corrected chi connectivity index (χ1v) is 13.3. The van der Waals surface area contributed by atoms with Crippen molar-refractivity contribution in [3.05, 3.63) is 140 Å². The molecule has 4 aromatic heterocycles. The van der Waals surface area contributed by atoms with Crippen molar-refractivity contribution in [1.82, 2.24) is 24.1 Å². The number of benzene rings is 4. The normalized spacial score (nSPS) is 11.5. The molecule has 5 nitrogen and oxygen atoms in total. The first-order valence-electron chi connectivity index (χ1n) is 13.3. The lowest BCUT2D eigenvalue weighted by molar-refractivity contribution is 1.06.